The van der Waals surface area contributed by atoms with Gasteiger partial charge in [0.1, 0.15) is 22.9 Å². The Bertz CT molecular complexity index is 1430. The van der Waals surface area contributed by atoms with Crippen molar-refractivity contribution >= 4 is 23.4 Å². The van der Waals surface area contributed by atoms with E-state index in [1.54, 1.807) is 32.4 Å². The van der Waals surface area contributed by atoms with Crippen molar-refractivity contribution in [3.63, 3.8) is 0 Å². The summed E-state index contributed by atoms with van der Waals surface area (Å²) in [4.78, 5) is 18.0. The average molecular weight is 531 g/mol. The van der Waals surface area contributed by atoms with E-state index in [0.717, 1.165) is 22.6 Å². The summed E-state index contributed by atoms with van der Waals surface area (Å²) < 4.78 is 21.4. The molecule has 0 aliphatic carbocycles. The molecule has 0 saturated heterocycles. The third-order valence-corrected chi connectivity index (χ3v) is 7.16. The number of benzene rings is 3. The molecular weight excluding hydrogens is 504 g/mol. The van der Waals surface area contributed by atoms with Gasteiger partial charge < -0.3 is 24.3 Å². The first-order chi connectivity index (χ1) is 18.6. The maximum atomic E-state index is 13.1. The van der Waals surface area contributed by atoms with Crippen molar-refractivity contribution in [1.29, 1.82) is 0 Å². The van der Waals surface area contributed by atoms with Crippen molar-refractivity contribution in [2.24, 2.45) is 0 Å². The van der Waals surface area contributed by atoms with Crippen molar-refractivity contribution in [3.05, 3.63) is 66.7 Å². The number of aromatic nitrogens is 3. The monoisotopic (exact) mass is 530 g/mol. The Morgan fingerprint density at radius 3 is 2.16 bits per heavy atom. The normalized spacial score (nSPS) is 12.6. The average Bonchev–Trinajstić information content (AvgIpc) is 3.44. The Kier molecular flexibility index (Phi) is 7.60. The molecule has 1 unspecified atom stereocenters. The fourth-order valence-electron chi connectivity index (χ4n) is 3.90. The van der Waals surface area contributed by atoms with Gasteiger partial charge in [-0.05, 0) is 67.1 Å². The maximum Gasteiger partial charge on any atom is 0.237 e. The highest BCUT2D eigenvalue weighted by Crippen LogP contribution is 2.35. The van der Waals surface area contributed by atoms with Crippen LogP contribution in [0.3, 0.4) is 0 Å². The van der Waals surface area contributed by atoms with Gasteiger partial charge in [0.2, 0.25) is 17.9 Å². The van der Waals surface area contributed by atoms with Gasteiger partial charge in [-0.3, -0.25) is 4.79 Å². The first kappa shape index (κ1) is 25.3. The fraction of sp³-hybridized carbons (Fsp3) is 0.214. The van der Waals surface area contributed by atoms with Crippen molar-refractivity contribution in [1.82, 2.24) is 15.2 Å². The van der Waals surface area contributed by atoms with Crippen LogP contribution in [-0.4, -0.2) is 47.4 Å². The number of ether oxygens (including phenoxy) is 4. The molecular formula is C28H26N4O5S. The molecule has 194 valence electrons. The van der Waals surface area contributed by atoms with Gasteiger partial charge in [0, 0.05) is 22.9 Å². The Balaban J connectivity index is 1.42. The summed E-state index contributed by atoms with van der Waals surface area (Å²) in [7, 11) is 3.25. The van der Waals surface area contributed by atoms with Gasteiger partial charge in [-0.25, -0.2) is 4.98 Å². The number of rotatable bonds is 9. The van der Waals surface area contributed by atoms with Crippen molar-refractivity contribution in [3.8, 4) is 45.5 Å². The topological polar surface area (TPSA) is 105 Å². The summed E-state index contributed by atoms with van der Waals surface area (Å²) >= 11 is 1.27. The number of carbonyl (C=O) groups excluding carboxylic acids is 1. The van der Waals surface area contributed by atoms with Gasteiger partial charge in [-0.15, -0.1) is 10.2 Å². The highest BCUT2D eigenvalue weighted by Gasteiger charge is 2.23. The predicted molar refractivity (Wildman–Crippen MR) is 145 cm³/mol. The van der Waals surface area contributed by atoms with E-state index >= 15 is 0 Å². The molecule has 0 spiro atoms. The number of amides is 1. The molecule has 1 N–H and O–H groups in total. The smallest absolute Gasteiger partial charge is 0.237 e. The molecule has 3 aromatic carbocycles. The summed E-state index contributed by atoms with van der Waals surface area (Å²) in [6.07, 6.45) is 0.572. The second-order valence-corrected chi connectivity index (χ2v) is 9.49. The minimum absolute atomic E-state index is 0.162. The van der Waals surface area contributed by atoms with Crippen LogP contribution in [0.25, 0.3) is 22.5 Å². The van der Waals surface area contributed by atoms with Crippen LogP contribution in [0, 0.1) is 0 Å². The van der Waals surface area contributed by atoms with E-state index < -0.39 is 5.25 Å². The van der Waals surface area contributed by atoms with E-state index in [0.29, 0.717) is 40.2 Å². The minimum Gasteiger partial charge on any atom is -0.497 e. The minimum atomic E-state index is -0.433. The lowest BCUT2D eigenvalue weighted by Crippen LogP contribution is -2.25. The van der Waals surface area contributed by atoms with Gasteiger partial charge in [0.15, 0.2) is 11.5 Å². The Labute approximate surface area is 224 Å². The number of hydrogen-bond donors (Lipinski definition) is 1. The van der Waals surface area contributed by atoms with Crippen LogP contribution in [0.1, 0.15) is 13.3 Å². The van der Waals surface area contributed by atoms with Crippen LogP contribution in [0.2, 0.25) is 0 Å². The molecule has 10 heteroatoms. The number of hydrogen-bond acceptors (Lipinski definition) is 9. The Hall–Kier alpha value is -4.31. The van der Waals surface area contributed by atoms with Crippen LogP contribution in [0.15, 0.2) is 71.9 Å². The molecule has 1 amide bonds. The molecule has 9 nitrogen and oxygen atoms in total. The van der Waals surface area contributed by atoms with Crippen LogP contribution in [0.5, 0.6) is 23.0 Å². The molecule has 38 heavy (non-hydrogen) atoms. The lowest BCUT2D eigenvalue weighted by Gasteiger charge is -2.15. The fourth-order valence-corrected chi connectivity index (χ4v) is 4.72. The summed E-state index contributed by atoms with van der Waals surface area (Å²) in [5.41, 5.74) is 3.61. The molecule has 1 aliphatic rings. The maximum absolute atomic E-state index is 13.1. The van der Waals surface area contributed by atoms with Crippen LogP contribution in [0.4, 0.5) is 5.69 Å². The Morgan fingerprint density at radius 1 is 0.895 bits per heavy atom. The van der Waals surface area contributed by atoms with E-state index in [4.69, 9.17) is 23.9 Å². The van der Waals surface area contributed by atoms with Crippen LogP contribution >= 0.6 is 11.8 Å². The molecule has 4 aromatic rings. The lowest BCUT2D eigenvalue weighted by molar-refractivity contribution is -0.115. The number of fused-ring (bicyclic) bond motifs is 1. The summed E-state index contributed by atoms with van der Waals surface area (Å²) in [6.45, 7) is 2.12. The third-order valence-electron chi connectivity index (χ3n) is 5.95. The number of nitrogens with zero attached hydrogens (tertiary/aromatic N) is 3. The quantitative estimate of drug-likeness (QED) is 0.282. The van der Waals surface area contributed by atoms with E-state index in [1.807, 2.05) is 55.5 Å². The molecule has 2 heterocycles. The summed E-state index contributed by atoms with van der Waals surface area (Å²) in [5, 5.41) is 11.8. The Morgan fingerprint density at radius 2 is 1.53 bits per heavy atom. The molecule has 0 saturated carbocycles. The summed E-state index contributed by atoms with van der Waals surface area (Å²) in [5.74, 6) is 2.58. The zero-order chi connectivity index (χ0) is 26.5. The molecule has 0 fully saturated rings. The van der Waals surface area contributed by atoms with Crippen LogP contribution < -0.4 is 24.3 Å². The highest BCUT2D eigenvalue weighted by molar-refractivity contribution is 8.00. The molecule has 0 bridgehead atoms. The standard InChI is InChI=1S/C28H26N4O5S/c1-4-24(27(33)29-19-9-14-22-23(15-19)37-16-36-22)38-28-30-25(17-5-10-20(34-2)11-6-17)26(31-32-28)18-7-12-21(35-3)13-8-18/h5-15,24H,4,16H2,1-3H3,(H,29,33). The number of anilines is 1. The largest absolute Gasteiger partial charge is 0.497 e. The van der Waals surface area contributed by atoms with Gasteiger partial charge in [0.25, 0.3) is 0 Å². The predicted octanol–water partition coefficient (Wildman–Crippen LogP) is 5.46. The molecule has 1 atom stereocenters. The zero-order valence-corrected chi connectivity index (χ0v) is 22.0. The number of carbonyl (C=O) groups is 1. The zero-order valence-electron chi connectivity index (χ0n) is 21.1. The van der Waals surface area contributed by atoms with Crippen molar-refractivity contribution < 1.29 is 23.7 Å². The number of methoxy groups -OCH3 is 2. The third kappa shape index (κ3) is 5.50. The van der Waals surface area contributed by atoms with E-state index in [2.05, 4.69) is 15.5 Å². The van der Waals surface area contributed by atoms with Crippen LogP contribution in [-0.2, 0) is 4.79 Å². The first-order valence-electron chi connectivity index (χ1n) is 12.0. The SMILES string of the molecule is CCC(Sc1nnc(-c2ccc(OC)cc2)c(-c2ccc(OC)cc2)n1)C(=O)Nc1ccc2c(c1)OCO2. The van der Waals surface area contributed by atoms with Crippen molar-refractivity contribution in [2.45, 2.75) is 23.8 Å². The first-order valence-corrected chi connectivity index (χ1v) is 12.9. The number of thioether (sulfide) groups is 1. The van der Waals surface area contributed by atoms with Gasteiger partial charge in [-0.1, -0.05) is 18.7 Å². The summed E-state index contributed by atoms with van der Waals surface area (Å²) in [6, 6.07) is 20.5. The molecule has 0 radical (unpaired) electrons. The lowest BCUT2D eigenvalue weighted by atomic mass is 10.0. The van der Waals surface area contributed by atoms with Gasteiger partial charge >= 0.3 is 0 Å². The molecule has 1 aromatic heterocycles. The number of nitrogens with one attached hydrogen (secondary N) is 1. The van der Waals surface area contributed by atoms with E-state index in [9.17, 15) is 4.79 Å². The van der Waals surface area contributed by atoms with Crippen molar-refractivity contribution in [2.75, 3.05) is 26.3 Å². The second kappa shape index (κ2) is 11.4. The second-order valence-electron chi connectivity index (χ2n) is 8.32. The van der Waals surface area contributed by atoms with Gasteiger partial charge in [-0.2, -0.15) is 0 Å². The van der Waals surface area contributed by atoms with E-state index in [-0.39, 0.29) is 12.7 Å². The van der Waals surface area contributed by atoms with Gasteiger partial charge in [0.05, 0.1) is 19.5 Å². The molecule has 5 rings (SSSR count). The highest BCUT2D eigenvalue weighted by atomic mass is 32.2. The molecule has 1 aliphatic heterocycles. The van der Waals surface area contributed by atoms with E-state index in [1.165, 1.54) is 11.8 Å².